The number of carbonyl (C=O) groups excluding carboxylic acids is 1. The molecule has 140 valence electrons. The maximum absolute atomic E-state index is 14.1. The number of nitrogens with zero attached hydrogens (tertiary/aromatic N) is 3. The lowest BCUT2D eigenvalue weighted by molar-refractivity contribution is 0.0501. The van der Waals surface area contributed by atoms with Crippen molar-refractivity contribution in [1.29, 1.82) is 0 Å². The van der Waals surface area contributed by atoms with E-state index in [0.717, 1.165) is 6.20 Å². The van der Waals surface area contributed by atoms with E-state index in [9.17, 15) is 14.1 Å². The Morgan fingerprint density at radius 3 is 2.52 bits per heavy atom. The molecule has 0 bridgehead atoms. The summed E-state index contributed by atoms with van der Waals surface area (Å²) in [5.41, 5.74) is -0.538. The van der Waals surface area contributed by atoms with Gasteiger partial charge in [-0.2, -0.15) is 0 Å². The number of hydrogen-bond donors (Lipinski definition) is 1. The van der Waals surface area contributed by atoms with Crippen molar-refractivity contribution in [2.75, 3.05) is 5.12 Å². The second-order valence-electron chi connectivity index (χ2n) is 6.61. The molecule has 0 aliphatic rings. The number of nitrogens with one attached hydrogen (secondary N) is 1. The van der Waals surface area contributed by atoms with Crippen LogP contribution < -0.4 is 15.4 Å². The average molecular weight is 372 g/mol. The number of H-pyrrole nitrogens is 1. The van der Waals surface area contributed by atoms with Crippen LogP contribution >= 0.6 is 0 Å². The molecule has 0 spiro atoms. The highest BCUT2D eigenvalue weighted by atomic mass is 19.2. The van der Waals surface area contributed by atoms with Crippen molar-refractivity contribution in [2.24, 2.45) is 0 Å². The first-order valence-electron chi connectivity index (χ1n) is 8.04. The first-order chi connectivity index (χ1) is 12.7. The van der Waals surface area contributed by atoms with Gasteiger partial charge < -0.3 is 14.5 Å². The molecular weight excluding hydrogens is 355 g/mol. The third-order valence-electron chi connectivity index (χ3n) is 3.29. The third kappa shape index (κ3) is 4.38. The summed E-state index contributed by atoms with van der Waals surface area (Å²) in [4.78, 5) is 33.8. The molecule has 0 fully saturated rings. The largest absolute Gasteiger partial charge is 0.455 e. The van der Waals surface area contributed by atoms with Crippen LogP contribution in [0.1, 0.15) is 20.8 Å². The van der Waals surface area contributed by atoms with Gasteiger partial charge in [0.2, 0.25) is 0 Å². The van der Waals surface area contributed by atoms with Crippen LogP contribution in [0.3, 0.4) is 0 Å². The number of pyridine rings is 1. The van der Waals surface area contributed by atoms with Crippen molar-refractivity contribution >= 4 is 22.9 Å². The number of anilines is 1. The molecule has 0 atom stereocenters. The maximum Gasteiger partial charge on any atom is 0.443 e. The van der Waals surface area contributed by atoms with Crippen molar-refractivity contribution in [2.45, 2.75) is 26.4 Å². The molecule has 27 heavy (non-hydrogen) atoms. The van der Waals surface area contributed by atoms with Gasteiger partial charge in [-0.05, 0) is 45.0 Å². The van der Waals surface area contributed by atoms with Gasteiger partial charge >= 0.3 is 6.09 Å². The Labute approximate surface area is 153 Å². The van der Waals surface area contributed by atoms with E-state index in [-0.39, 0.29) is 16.4 Å². The predicted molar refractivity (Wildman–Crippen MR) is 96.5 cm³/mol. The van der Waals surface area contributed by atoms with Gasteiger partial charge in [-0.25, -0.2) is 14.8 Å². The molecule has 0 saturated heterocycles. The fraction of sp³-hybridized carbons (Fsp3) is 0.222. The minimum Gasteiger partial charge on any atom is -0.455 e. The number of carbonyl (C=O) groups is 1. The van der Waals surface area contributed by atoms with Crippen LogP contribution in [0, 0.1) is 0 Å². The summed E-state index contributed by atoms with van der Waals surface area (Å²) in [6.45, 7) is 4.94. The van der Waals surface area contributed by atoms with Crippen LogP contribution in [0.2, 0.25) is 0 Å². The van der Waals surface area contributed by atoms with Crippen LogP contribution in [-0.2, 0) is 4.74 Å². The Bertz CT molecular complexity index is 1030. The molecule has 0 aliphatic heterocycles. The van der Waals surface area contributed by atoms with Gasteiger partial charge in [0.05, 0.1) is 11.9 Å². The topological polar surface area (TPSA) is 97.4 Å². The van der Waals surface area contributed by atoms with E-state index < -0.39 is 11.7 Å². The molecule has 9 heteroatoms. The monoisotopic (exact) mass is 372 g/mol. The number of ether oxygens (including phenoxy) is 2. The number of halogens is 1. The Morgan fingerprint density at radius 2 is 1.85 bits per heavy atom. The minimum absolute atomic E-state index is 0.00809. The lowest BCUT2D eigenvalue weighted by Gasteiger charge is -2.22. The Hall–Kier alpha value is -3.49. The van der Waals surface area contributed by atoms with Crippen LogP contribution in [0.5, 0.6) is 11.5 Å². The summed E-state index contributed by atoms with van der Waals surface area (Å²) in [6.07, 6.45) is 1.50. The fourth-order valence-electron chi connectivity index (χ4n) is 2.19. The normalized spacial score (nSPS) is 11.3. The number of hydrogen-bond acceptors (Lipinski definition) is 6. The molecule has 1 aromatic carbocycles. The van der Waals surface area contributed by atoms with E-state index in [2.05, 4.69) is 15.0 Å². The summed E-state index contributed by atoms with van der Waals surface area (Å²) in [7, 11) is 0. The molecule has 0 aliphatic carbocycles. The molecular formula is C18H17FN4O4. The van der Waals surface area contributed by atoms with Crippen molar-refractivity contribution in [3.05, 3.63) is 53.1 Å². The first kappa shape index (κ1) is 18.3. The summed E-state index contributed by atoms with van der Waals surface area (Å²) in [5, 5.41) is -0.0850. The summed E-state index contributed by atoms with van der Waals surface area (Å²) in [5.74, 6) is 0.704. The van der Waals surface area contributed by atoms with E-state index in [1.165, 1.54) is 30.5 Å². The molecule has 1 N–H and O–H groups in total. The van der Waals surface area contributed by atoms with Crippen LogP contribution in [0.25, 0.3) is 11.2 Å². The molecule has 0 unspecified atom stereocenters. The second-order valence-corrected chi connectivity index (χ2v) is 6.61. The zero-order valence-electron chi connectivity index (χ0n) is 14.9. The Kier molecular flexibility index (Phi) is 4.76. The van der Waals surface area contributed by atoms with Crippen LogP contribution in [-0.4, -0.2) is 26.6 Å². The number of benzene rings is 1. The lowest BCUT2D eigenvalue weighted by atomic mass is 10.2. The highest BCUT2D eigenvalue weighted by molar-refractivity contribution is 5.85. The molecule has 0 radical (unpaired) electrons. The van der Waals surface area contributed by atoms with Crippen LogP contribution in [0.15, 0.2) is 47.5 Å². The van der Waals surface area contributed by atoms with Crippen molar-refractivity contribution < 1.29 is 18.7 Å². The number of rotatable bonds is 3. The molecule has 2 aromatic heterocycles. The number of aromatic amines is 1. The Balaban J connectivity index is 1.80. The van der Waals surface area contributed by atoms with E-state index in [1.807, 2.05) is 0 Å². The summed E-state index contributed by atoms with van der Waals surface area (Å²) in [6, 6.07) is 7.25. The van der Waals surface area contributed by atoms with E-state index in [1.54, 1.807) is 26.8 Å². The standard InChI is InChI=1S/C18H17FN4O4/c1-18(2,3)27-17(25)23(19)11-4-6-12(7-5-11)26-13-8-9-20-16-15(13)22-14(24)10-21-16/h4-10H,1-3H3,(H,22,24). The fourth-order valence-corrected chi connectivity index (χ4v) is 2.19. The average Bonchev–Trinajstić information content (AvgIpc) is 2.61. The van der Waals surface area contributed by atoms with Gasteiger partial charge in [0.15, 0.2) is 11.4 Å². The van der Waals surface area contributed by atoms with Gasteiger partial charge in [0, 0.05) is 12.3 Å². The quantitative estimate of drug-likeness (QED) is 0.704. The maximum atomic E-state index is 14.1. The van der Waals surface area contributed by atoms with Crippen molar-refractivity contribution in [1.82, 2.24) is 15.0 Å². The zero-order valence-corrected chi connectivity index (χ0v) is 14.9. The molecule has 2 heterocycles. The van der Waals surface area contributed by atoms with Gasteiger partial charge in [0.25, 0.3) is 5.56 Å². The smallest absolute Gasteiger partial charge is 0.443 e. The highest BCUT2D eigenvalue weighted by Crippen LogP contribution is 2.28. The first-order valence-corrected chi connectivity index (χ1v) is 8.04. The number of fused-ring (bicyclic) bond motifs is 1. The van der Waals surface area contributed by atoms with E-state index in [4.69, 9.17) is 9.47 Å². The molecule has 1 amide bonds. The van der Waals surface area contributed by atoms with Gasteiger partial charge in [-0.15, -0.1) is 5.12 Å². The third-order valence-corrected chi connectivity index (χ3v) is 3.29. The number of aromatic nitrogens is 3. The van der Waals surface area contributed by atoms with E-state index in [0.29, 0.717) is 22.7 Å². The lowest BCUT2D eigenvalue weighted by Crippen LogP contribution is -2.31. The van der Waals surface area contributed by atoms with Crippen LogP contribution in [0.4, 0.5) is 15.0 Å². The van der Waals surface area contributed by atoms with Gasteiger partial charge in [-0.3, -0.25) is 4.79 Å². The van der Waals surface area contributed by atoms with Gasteiger partial charge in [0.1, 0.15) is 16.9 Å². The minimum atomic E-state index is -1.11. The SMILES string of the molecule is CC(C)(C)OC(=O)N(F)c1ccc(Oc2ccnc3ncc(=O)[nH]c23)cc1. The summed E-state index contributed by atoms with van der Waals surface area (Å²) >= 11 is 0. The predicted octanol–water partition coefficient (Wildman–Crippen LogP) is 3.74. The molecule has 3 aromatic rings. The highest BCUT2D eigenvalue weighted by Gasteiger charge is 2.23. The van der Waals surface area contributed by atoms with Crippen molar-refractivity contribution in [3.63, 3.8) is 0 Å². The Morgan fingerprint density at radius 1 is 1.15 bits per heavy atom. The van der Waals surface area contributed by atoms with E-state index >= 15 is 0 Å². The molecule has 8 nitrogen and oxygen atoms in total. The second kappa shape index (κ2) is 7.02. The zero-order chi connectivity index (χ0) is 19.6. The summed E-state index contributed by atoms with van der Waals surface area (Å²) < 4.78 is 24.8. The van der Waals surface area contributed by atoms with Gasteiger partial charge in [-0.1, -0.05) is 4.48 Å². The number of amides is 1. The van der Waals surface area contributed by atoms with Crippen molar-refractivity contribution in [3.8, 4) is 11.5 Å². The molecule has 0 saturated carbocycles. The molecule has 3 rings (SSSR count).